The molecule has 0 fully saturated rings. The molecule has 6 heteroatoms. The van der Waals surface area contributed by atoms with E-state index < -0.39 is 11.9 Å². The fourth-order valence-corrected chi connectivity index (χ4v) is 0.738. The Balaban J connectivity index is 2.93. The number of nitrogens with two attached hydrogens (primary N) is 1. The number of carbonyl (C=O) groups is 2. The summed E-state index contributed by atoms with van der Waals surface area (Å²) in [7, 11) is 0. The van der Waals surface area contributed by atoms with Crippen LogP contribution >= 0.6 is 0 Å². The molecule has 0 saturated heterocycles. The third-order valence-corrected chi connectivity index (χ3v) is 1.38. The lowest BCUT2D eigenvalue weighted by molar-refractivity contribution is 0.0689. The molecule has 1 amide bonds. The van der Waals surface area contributed by atoms with Crippen molar-refractivity contribution in [2.45, 2.75) is 0 Å². The predicted molar refractivity (Wildman–Crippen MR) is 42.8 cm³/mol. The van der Waals surface area contributed by atoms with Gasteiger partial charge in [-0.3, -0.25) is 10.2 Å². The number of amides is 1. The number of aromatic carboxylic acids is 1. The van der Waals surface area contributed by atoms with Gasteiger partial charge in [0.1, 0.15) is 5.69 Å². The zero-order chi connectivity index (χ0) is 9.84. The summed E-state index contributed by atoms with van der Waals surface area (Å²) in [6.07, 6.45) is 1.14. The Kier molecular flexibility index (Phi) is 2.56. The quantitative estimate of drug-likeness (QED) is 0.320. The van der Waals surface area contributed by atoms with Crippen LogP contribution in [0.15, 0.2) is 18.3 Å². The smallest absolute Gasteiger partial charge is 0.354 e. The Bertz CT molecular complexity index is 333. The normalized spacial score (nSPS) is 9.31. The zero-order valence-electron chi connectivity index (χ0n) is 6.52. The number of rotatable bonds is 2. The maximum Gasteiger partial charge on any atom is 0.354 e. The van der Waals surface area contributed by atoms with Crippen LogP contribution in [-0.2, 0) is 0 Å². The summed E-state index contributed by atoms with van der Waals surface area (Å²) in [6, 6.07) is 2.56. The number of nitrogens with one attached hydrogen (secondary N) is 1. The first-order chi connectivity index (χ1) is 6.15. The van der Waals surface area contributed by atoms with Crippen molar-refractivity contribution in [3.05, 3.63) is 29.6 Å². The van der Waals surface area contributed by atoms with E-state index in [-0.39, 0.29) is 11.3 Å². The molecule has 6 nitrogen and oxygen atoms in total. The number of hydrazine groups is 1. The number of carbonyl (C=O) groups excluding carboxylic acids is 1. The van der Waals surface area contributed by atoms with Crippen LogP contribution < -0.4 is 11.3 Å². The average Bonchev–Trinajstić information content (AvgIpc) is 2.17. The summed E-state index contributed by atoms with van der Waals surface area (Å²) in [5.41, 5.74) is 2.00. The SMILES string of the molecule is NNC(=O)c1ccc(C(=O)O)nc1. The van der Waals surface area contributed by atoms with Gasteiger partial charge in [-0.05, 0) is 12.1 Å². The number of carboxylic acids is 1. The summed E-state index contributed by atoms with van der Waals surface area (Å²) in [5.74, 6) is 3.21. The van der Waals surface area contributed by atoms with Crippen LogP contribution in [0.3, 0.4) is 0 Å². The highest BCUT2D eigenvalue weighted by Crippen LogP contribution is 1.99. The van der Waals surface area contributed by atoms with Gasteiger partial charge in [0.25, 0.3) is 5.91 Å². The van der Waals surface area contributed by atoms with Crippen molar-refractivity contribution < 1.29 is 14.7 Å². The first-order valence-corrected chi connectivity index (χ1v) is 3.35. The summed E-state index contributed by atoms with van der Waals surface area (Å²) in [6.45, 7) is 0. The van der Waals surface area contributed by atoms with Crippen molar-refractivity contribution in [3.8, 4) is 0 Å². The lowest BCUT2D eigenvalue weighted by Crippen LogP contribution is -2.30. The standard InChI is InChI=1S/C7H7N3O3/c8-10-6(11)4-1-2-5(7(12)13)9-3-4/h1-3H,8H2,(H,10,11)(H,12,13). The van der Waals surface area contributed by atoms with Crippen LogP contribution in [0.5, 0.6) is 0 Å². The molecule has 1 heterocycles. The number of pyridine rings is 1. The minimum absolute atomic E-state index is 0.117. The molecular formula is C7H7N3O3. The van der Waals surface area contributed by atoms with E-state index in [9.17, 15) is 9.59 Å². The minimum Gasteiger partial charge on any atom is -0.477 e. The molecule has 4 N–H and O–H groups in total. The largest absolute Gasteiger partial charge is 0.477 e. The van der Waals surface area contributed by atoms with Gasteiger partial charge in [0.15, 0.2) is 0 Å². The van der Waals surface area contributed by atoms with Gasteiger partial charge in [-0.25, -0.2) is 15.6 Å². The lowest BCUT2D eigenvalue weighted by Gasteiger charge is -1.98. The zero-order valence-corrected chi connectivity index (χ0v) is 6.52. The van der Waals surface area contributed by atoms with E-state index in [1.165, 1.54) is 12.1 Å². The second-order valence-corrected chi connectivity index (χ2v) is 2.21. The molecule has 0 saturated carbocycles. The summed E-state index contributed by atoms with van der Waals surface area (Å²) < 4.78 is 0. The molecule has 1 rings (SSSR count). The number of aromatic nitrogens is 1. The van der Waals surface area contributed by atoms with E-state index in [1.807, 2.05) is 5.43 Å². The van der Waals surface area contributed by atoms with Crippen molar-refractivity contribution in [2.24, 2.45) is 5.84 Å². The van der Waals surface area contributed by atoms with Crippen LogP contribution in [0.25, 0.3) is 0 Å². The van der Waals surface area contributed by atoms with E-state index in [1.54, 1.807) is 0 Å². The first-order valence-electron chi connectivity index (χ1n) is 3.35. The molecule has 0 aliphatic heterocycles. The van der Waals surface area contributed by atoms with Crippen molar-refractivity contribution in [1.29, 1.82) is 0 Å². The van der Waals surface area contributed by atoms with E-state index >= 15 is 0 Å². The molecule has 0 unspecified atom stereocenters. The van der Waals surface area contributed by atoms with Gasteiger partial charge in [0.2, 0.25) is 0 Å². The first kappa shape index (κ1) is 9.14. The maximum atomic E-state index is 10.9. The Morgan fingerprint density at radius 2 is 2.15 bits per heavy atom. The third kappa shape index (κ3) is 2.00. The third-order valence-electron chi connectivity index (χ3n) is 1.38. The van der Waals surface area contributed by atoms with E-state index in [0.29, 0.717) is 0 Å². The van der Waals surface area contributed by atoms with Gasteiger partial charge >= 0.3 is 5.97 Å². The highest BCUT2D eigenvalue weighted by Gasteiger charge is 2.06. The number of carboxylic acid groups (broad SMARTS) is 1. The van der Waals surface area contributed by atoms with Gasteiger partial charge in [0, 0.05) is 6.20 Å². The van der Waals surface area contributed by atoms with Gasteiger partial charge in [-0.2, -0.15) is 0 Å². The van der Waals surface area contributed by atoms with Crippen molar-refractivity contribution in [2.75, 3.05) is 0 Å². The van der Waals surface area contributed by atoms with Gasteiger partial charge in [-0.1, -0.05) is 0 Å². The Morgan fingerprint density at radius 1 is 1.46 bits per heavy atom. The Hall–Kier alpha value is -1.95. The second-order valence-electron chi connectivity index (χ2n) is 2.21. The van der Waals surface area contributed by atoms with Crippen molar-refractivity contribution in [1.82, 2.24) is 10.4 Å². The van der Waals surface area contributed by atoms with Gasteiger partial charge in [-0.15, -0.1) is 0 Å². The number of hydrogen-bond donors (Lipinski definition) is 3. The van der Waals surface area contributed by atoms with E-state index in [0.717, 1.165) is 6.20 Å². The number of hydrogen-bond acceptors (Lipinski definition) is 4. The lowest BCUT2D eigenvalue weighted by atomic mass is 10.2. The molecule has 0 bridgehead atoms. The molecule has 0 atom stereocenters. The van der Waals surface area contributed by atoms with Crippen LogP contribution in [0.2, 0.25) is 0 Å². The van der Waals surface area contributed by atoms with Crippen LogP contribution in [0.1, 0.15) is 20.8 Å². The molecule has 1 aromatic rings. The number of nitrogen functional groups attached to an aromatic ring is 1. The predicted octanol–water partition coefficient (Wildman–Crippen LogP) is -0.617. The highest BCUT2D eigenvalue weighted by atomic mass is 16.4. The van der Waals surface area contributed by atoms with Crippen molar-refractivity contribution >= 4 is 11.9 Å². The molecular weight excluding hydrogens is 174 g/mol. The molecule has 0 aliphatic carbocycles. The molecule has 0 radical (unpaired) electrons. The maximum absolute atomic E-state index is 10.9. The molecule has 0 spiro atoms. The Morgan fingerprint density at radius 3 is 2.54 bits per heavy atom. The molecule has 68 valence electrons. The van der Waals surface area contributed by atoms with E-state index in [2.05, 4.69) is 4.98 Å². The fraction of sp³-hybridized carbons (Fsp3) is 0. The second kappa shape index (κ2) is 3.63. The monoisotopic (exact) mass is 181 g/mol. The minimum atomic E-state index is -1.14. The molecule has 13 heavy (non-hydrogen) atoms. The van der Waals surface area contributed by atoms with Crippen molar-refractivity contribution in [3.63, 3.8) is 0 Å². The average molecular weight is 181 g/mol. The topological polar surface area (TPSA) is 105 Å². The van der Waals surface area contributed by atoms with Crippen LogP contribution in [-0.4, -0.2) is 22.0 Å². The van der Waals surface area contributed by atoms with E-state index in [4.69, 9.17) is 10.9 Å². The molecule has 0 aromatic carbocycles. The summed E-state index contributed by atoms with van der Waals surface area (Å²) in [4.78, 5) is 24.8. The van der Waals surface area contributed by atoms with Gasteiger partial charge in [0.05, 0.1) is 5.56 Å². The van der Waals surface area contributed by atoms with Crippen LogP contribution in [0.4, 0.5) is 0 Å². The summed E-state index contributed by atoms with van der Waals surface area (Å²) in [5, 5.41) is 8.48. The molecule has 1 aromatic heterocycles. The van der Waals surface area contributed by atoms with Crippen LogP contribution in [0, 0.1) is 0 Å². The summed E-state index contributed by atoms with van der Waals surface area (Å²) >= 11 is 0. The number of nitrogens with zero attached hydrogens (tertiary/aromatic N) is 1. The van der Waals surface area contributed by atoms with Gasteiger partial charge < -0.3 is 5.11 Å². The fourth-order valence-electron chi connectivity index (χ4n) is 0.738. The molecule has 0 aliphatic rings. The Labute approximate surface area is 73.4 Å². The highest BCUT2D eigenvalue weighted by molar-refractivity contribution is 5.94.